The fourth-order valence-corrected chi connectivity index (χ4v) is 4.53. The number of carbonyl (C=O) groups is 1. The fraction of sp³-hybridized carbons (Fsp3) is 0.235. The van der Waals surface area contributed by atoms with Gasteiger partial charge in [-0.3, -0.25) is 4.79 Å². The van der Waals surface area contributed by atoms with Crippen molar-refractivity contribution in [1.29, 1.82) is 0 Å². The average molecular weight is 448 g/mol. The van der Waals surface area contributed by atoms with Gasteiger partial charge >= 0.3 is 13.0 Å². The van der Waals surface area contributed by atoms with Gasteiger partial charge in [0.2, 0.25) is 10.0 Å². The van der Waals surface area contributed by atoms with Crippen LogP contribution < -0.4 is 5.46 Å². The van der Waals surface area contributed by atoms with Crippen LogP contribution in [0.2, 0.25) is 0 Å². The topological polar surface area (TPSA) is 83.9 Å². The molecule has 0 unspecified atom stereocenters. The van der Waals surface area contributed by atoms with Crippen LogP contribution in [0.25, 0.3) is 0 Å². The molecule has 6 nitrogen and oxygen atoms in total. The first-order valence-electron chi connectivity index (χ1n) is 7.86. The summed E-state index contributed by atoms with van der Waals surface area (Å²) >= 11 is 0. The van der Waals surface area contributed by atoms with E-state index in [4.69, 9.17) is 4.65 Å². The van der Waals surface area contributed by atoms with Crippen molar-refractivity contribution in [2.24, 2.45) is 0 Å². The summed E-state index contributed by atoms with van der Waals surface area (Å²) in [4.78, 5) is 12.3. The van der Waals surface area contributed by atoms with Crippen molar-refractivity contribution < 1.29 is 55.7 Å². The van der Waals surface area contributed by atoms with Crippen LogP contribution in [0.3, 0.4) is 0 Å². The van der Waals surface area contributed by atoms with Gasteiger partial charge in [-0.05, 0) is 31.4 Å². The van der Waals surface area contributed by atoms with Gasteiger partial charge in [0.1, 0.15) is 6.04 Å². The van der Waals surface area contributed by atoms with E-state index < -0.39 is 35.2 Å². The number of benzene rings is 2. The van der Waals surface area contributed by atoms with Gasteiger partial charge in [-0.15, -0.1) is 0 Å². The largest absolute Gasteiger partial charge is 0.514 e. The average Bonchev–Trinajstić information content (AvgIpc) is 2.94. The summed E-state index contributed by atoms with van der Waals surface area (Å²) in [6.45, 7) is 3.22. The monoisotopic (exact) mass is 448 g/mol. The molecule has 3 rings (SSSR count). The maximum absolute atomic E-state index is 13.2. The van der Waals surface area contributed by atoms with Crippen molar-refractivity contribution >= 4 is 28.5 Å². The van der Waals surface area contributed by atoms with Crippen LogP contribution in [0.4, 0.5) is 0 Å². The predicted molar refractivity (Wildman–Crippen MR) is 93.6 cm³/mol. The summed E-state index contributed by atoms with van der Waals surface area (Å²) in [5.74, 6) is -0.764. The standard InChI is InChI=1S/C17H18BNO5S.Y/c1-12-8-10-15(11-9-12)25(22,23)19-16(13(2)20)17(21)24-18(19)14-6-4-3-5-7-14;/h3-11,13,16,20H,1-2H3;/t13-,16-;/m0./s1. The molecule has 26 heavy (non-hydrogen) atoms. The van der Waals surface area contributed by atoms with Crippen LogP contribution >= 0.6 is 0 Å². The minimum Gasteiger partial charge on any atom is -0.514 e. The Hall–Kier alpha value is -1.05. The van der Waals surface area contributed by atoms with Gasteiger partial charge in [0.15, 0.2) is 0 Å². The molecular formula is C17H18BNO5SY. The fourth-order valence-electron chi connectivity index (χ4n) is 2.83. The Morgan fingerprint density at radius 2 is 1.69 bits per heavy atom. The summed E-state index contributed by atoms with van der Waals surface area (Å²) in [6, 6.07) is 13.6. The molecule has 1 heterocycles. The minimum atomic E-state index is -4.05. The van der Waals surface area contributed by atoms with E-state index in [9.17, 15) is 18.3 Å². The number of sulfonamides is 1. The predicted octanol–water partition coefficient (Wildman–Crippen LogP) is 0.685. The molecule has 9 heteroatoms. The minimum absolute atomic E-state index is 0. The van der Waals surface area contributed by atoms with Gasteiger partial charge in [0, 0.05) is 32.7 Å². The quantitative estimate of drug-likeness (QED) is 0.697. The second kappa shape index (κ2) is 8.31. The van der Waals surface area contributed by atoms with E-state index >= 15 is 0 Å². The number of aliphatic hydroxyl groups is 1. The number of nitrogens with zero attached hydrogens (tertiary/aromatic N) is 1. The van der Waals surface area contributed by atoms with Crippen LogP contribution in [-0.4, -0.2) is 42.9 Å². The zero-order valence-corrected chi connectivity index (χ0v) is 18.1. The summed E-state index contributed by atoms with van der Waals surface area (Å²) < 4.78 is 32.6. The third-order valence-corrected chi connectivity index (χ3v) is 5.95. The van der Waals surface area contributed by atoms with E-state index in [1.54, 1.807) is 42.5 Å². The first kappa shape index (κ1) is 21.3. The smallest absolute Gasteiger partial charge is 0.502 e. The Labute approximate surface area is 178 Å². The van der Waals surface area contributed by atoms with Crippen molar-refractivity contribution in [3.8, 4) is 0 Å². The molecule has 2 aromatic carbocycles. The van der Waals surface area contributed by atoms with Crippen molar-refractivity contribution in [3.05, 3.63) is 60.2 Å². The molecule has 0 aliphatic carbocycles. The second-order valence-corrected chi connectivity index (χ2v) is 7.88. The second-order valence-electron chi connectivity index (χ2n) is 6.03. The molecule has 1 saturated heterocycles. The molecule has 1 fully saturated rings. The van der Waals surface area contributed by atoms with E-state index in [0.717, 1.165) is 9.78 Å². The number of hydrogen-bond acceptors (Lipinski definition) is 5. The maximum atomic E-state index is 13.2. The third kappa shape index (κ3) is 3.94. The first-order valence-corrected chi connectivity index (χ1v) is 9.30. The molecule has 0 amide bonds. The van der Waals surface area contributed by atoms with Gasteiger partial charge in [-0.25, -0.2) is 8.42 Å². The van der Waals surface area contributed by atoms with Gasteiger partial charge in [-0.1, -0.05) is 48.0 Å². The summed E-state index contributed by atoms with van der Waals surface area (Å²) in [5.41, 5.74) is 1.44. The molecule has 2 atom stereocenters. The van der Waals surface area contributed by atoms with Crippen molar-refractivity contribution in [2.75, 3.05) is 0 Å². The third-order valence-electron chi connectivity index (χ3n) is 4.11. The van der Waals surface area contributed by atoms with Crippen LogP contribution in [0.5, 0.6) is 0 Å². The Morgan fingerprint density at radius 1 is 1.12 bits per heavy atom. The molecule has 0 bridgehead atoms. The van der Waals surface area contributed by atoms with Crippen molar-refractivity contribution in [3.63, 3.8) is 0 Å². The zero-order chi connectivity index (χ0) is 18.2. The van der Waals surface area contributed by atoms with E-state index in [2.05, 4.69) is 0 Å². The zero-order valence-electron chi connectivity index (χ0n) is 14.4. The van der Waals surface area contributed by atoms with Crippen LogP contribution in [0.1, 0.15) is 12.5 Å². The molecule has 0 saturated carbocycles. The van der Waals surface area contributed by atoms with Crippen molar-refractivity contribution in [1.82, 2.24) is 4.22 Å². The van der Waals surface area contributed by atoms with Crippen LogP contribution in [-0.2, 0) is 52.2 Å². The Balaban J connectivity index is 0.00000243. The normalized spacial score (nSPS) is 19.0. The Bertz CT molecular complexity index is 874. The summed E-state index contributed by atoms with van der Waals surface area (Å²) in [7, 11) is -5.16. The molecule has 2 aromatic rings. The number of rotatable bonds is 4. The Kier molecular flexibility index (Phi) is 6.80. The Morgan fingerprint density at radius 3 is 2.23 bits per heavy atom. The van der Waals surface area contributed by atoms with E-state index in [1.807, 2.05) is 6.92 Å². The van der Waals surface area contributed by atoms with E-state index in [0.29, 0.717) is 5.46 Å². The van der Waals surface area contributed by atoms with Gasteiger partial charge in [-0.2, -0.15) is 4.22 Å². The molecular weight excluding hydrogens is 430 g/mol. The summed E-state index contributed by atoms with van der Waals surface area (Å²) in [6.07, 6.45) is -1.21. The first-order chi connectivity index (χ1) is 11.8. The van der Waals surface area contributed by atoms with Gasteiger partial charge in [0.05, 0.1) is 11.0 Å². The molecule has 1 aliphatic heterocycles. The molecule has 1 aliphatic rings. The van der Waals surface area contributed by atoms with Crippen molar-refractivity contribution in [2.45, 2.75) is 30.9 Å². The number of hydrogen-bond donors (Lipinski definition) is 1. The number of aliphatic hydroxyl groups excluding tert-OH is 1. The van der Waals surface area contributed by atoms with Crippen LogP contribution in [0.15, 0.2) is 59.5 Å². The SMILES string of the molecule is Cc1ccc(S(=O)(=O)N2B(c3ccccc3)OC(=O)[C@@H]2[C@H](C)O)cc1.[Y]. The molecule has 133 valence electrons. The van der Waals surface area contributed by atoms with Crippen LogP contribution in [0, 0.1) is 6.92 Å². The summed E-state index contributed by atoms with van der Waals surface area (Å²) in [5, 5.41) is 10.0. The molecule has 0 aromatic heterocycles. The maximum Gasteiger partial charge on any atom is 0.502 e. The van der Waals surface area contributed by atoms with Gasteiger partial charge in [0.25, 0.3) is 0 Å². The molecule has 1 radical (unpaired) electrons. The number of carbonyl (C=O) groups excluding carboxylic acids is 1. The molecule has 1 N–H and O–H groups in total. The van der Waals surface area contributed by atoms with E-state index in [-0.39, 0.29) is 37.6 Å². The molecule has 0 spiro atoms. The number of aryl methyl sites for hydroxylation is 1. The van der Waals surface area contributed by atoms with E-state index in [1.165, 1.54) is 19.1 Å². The van der Waals surface area contributed by atoms with Gasteiger partial charge < -0.3 is 9.76 Å².